The Hall–Kier alpha value is -3.56. The number of carbonyl (C=O) groups excluding carboxylic acids is 1. The normalized spacial score (nSPS) is 9.65. The minimum Gasteiger partial charge on any atom is -0.477 e. The summed E-state index contributed by atoms with van der Waals surface area (Å²) in [7, 11) is 0. The molecule has 0 unspecified atom stereocenters. The Kier molecular flexibility index (Phi) is 7.14. The standard InChI is InChI=1S/C9H10N2O4.C7H4F2O2/c1-6(12)15-5-7-3-2-4-8(9(7)10)11(13)14;8-4-2-1-3-5(9)6(4)7(10)11/h2-4H,5,10H2,1H3;1-3H,(H,10,11). The van der Waals surface area contributed by atoms with Crippen LogP contribution in [0.15, 0.2) is 36.4 Å². The molecule has 8 nitrogen and oxygen atoms in total. The first-order chi connectivity index (χ1) is 12.1. The number of nitrogens with zero attached hydrogens (tertiary/aromatic N) is 1. The molecule has 2 rings (SSSR count). The highest BCUT2D eigenvalue weighted by atomic mass is 19.1. The van der Waals surface area contributed by atoms with Crippen LogP contribution in [-0.2, 0) is 16.1 Å². The first-order valence-electron chi connectivity index (χ1n) is 6.97. The molecule has 138 valence electrons. The Bertz CT molecular complexity index is 821. The van der Waals surface area contributed by atoms with Crippen LogP contribution in [0.3, 0.4) is 0 Å². The number of nitro groups is 1. The molecule has 0 aliphatic heterocycles. The maximum Gasteiger partial charge on any atom is 0.341 e. The maximum atomic E-state index is 12.5. The third-order valence-corrected chi connectivity index (χ3v) is 2.98. The van der Waals surface area contributed by atoms with Gasteiger partial charge in [-0.05, 0) is 12.1 Å². The molecule has 0 radical (unpaired) electrons. The molecule has 3 N–H and O–H groups in total. The van der Waals surface area contributed by atoms with Gasteiger partial charge in [-0.2, -0.15) is 0 Å². The second-order valence-electron chi connectivity index (χ2n) is 4.79. The first-order valence-corrected chi connectivity index (χ1v) is 6.97. The van der Waals surface area contributed by atoms with Gasteiger partial charge in [0.05, 0.1) is 4.92 Å². The zero-order valence-electron chi connectivity index (χ0n) is 13.4. The van der Waals surface area contributed by atoms with Crippen LogP contribution in [0.1, 0.15) is 22.8 Å². The van der Waals surface area contributed by atoms with Gasteiger partial charge in [-0.1, -0.05) is 18.2 Å². The van der Waals surface area contributed by atoms with Crippen LogP contribution in [0.2, 0.25) is 0 Å². The largest absolute Gasteiger partial charge is 0.477 e. The van der Waals surface area contributed by atoms with Crippen molar-refractivity contribution < 1.29 is 33.1 Å². The van der Waals surface area contributed by atoms with Crippen molar-refractivity contribution in [1.82, 2.24) is 0 Å². The smallest absolute Gasteiger partial charge is 0.341 e. The Balaban J connectivity index is 0.000000273. The Morgan fingerprint density at radius 1 is 1.19 bits per heavy atom. The molecule has 0 saturated heterocycles. The van der Waals surface area contributed by atoms with Gasteiger partial charge in [0.15, 0.2) is 0 Å². The van der Waals surface area contributed by atoms with Crippen molar-refractivity contribution in [2.45, 2.75) is 13.5 Å². The number of benzene rings is 2. The van der Waals surface area contributed by atoms with E-state index in [0.29, 0.717) is 5.56 Å². The van der Waals surface area contributed by atoms with Crippen LogP contribution in [0.25, 0.3) is 0 Å². The Morgan fingerprint density at radius 2 is 1.73 bits per heavy atom. The molecule has 0 bridgehead atoms. The molecule has 0 amide bonds. The molecular weight excluding hydrogens is 354 g/mol. The summed E-state index contributed by atoms with van der Waals surface area (Å²) < 4.78 is 29.7. The molecule has 0 spiro atoms. The van der Waals surface area contributed by atoms with Crippen LogP contribution in [0.4, 0.5) is 20.2 Å². The fraction of sp³-hybridized carbons (Fsp3) is 0.125. The van der Waals surface area contributed by atoms with Gasteiger partial charge < -0.3 is 15.6 Å². The monoisotopic (exact) mass is 368 g/mol. The first kappa shape index (κ1) is 20.5. The zero-order chi connectivity index (χ0) is 19.9. The number of anilines is 1. The molecule has 2 aromatic rings. The number of carbonyl (C=O) groups is 2. The van der Waals surface area contributed by atoms with E-state index in [-0.39, 0.29) is 18.0 Å². The summed E-state index contributed by atoms with van der Waals surface area (Å²) in [4.78, 5) is 30.7. The van der Waals surface area contributed by atoms with Gasteiger partial charge >= 0.3 is 11.9 Å². The fourth-order valence-corrected chi connectivity index (χ4v) is 1.77. The Labute approximate surface area is 146 Å². The predicted octanol–water partition coefficient (Wildman–Crippen LogP) is 2.90. The lowest BCUT2D eigenvalue weighted by molar-refractivity contribution is -0.384. The van der Waals surface area contributed by atoms with Gasteiger partial charge in [0.25, 0.3) is 5.69 Å². The van der Waals surface area contributed by atoms with E-state index in [1.807, 2.05) is 0 Å². The SMILES string of the molecule is CC(=O)OCc1cccc([N+](=O)[O-])c1N.O=C(O)c1c(F)cccc1F. The number of para-hydroxylation sites is 1. The number of rotatable bonds is 4. The number of aromatic carboxylic acids is 1. The molecular formula is C16H14F2N2O6. The van der Waals surface area contributed by atoms with E-state index in [0.717, 1.165) is 18.2 Å². The quantitative estimate of drug-likeness (QED) is 0.367. The van der Waals surface area contributed by atoms with E-state index in [1.165, 1.54) is 19.1 Å². The minimum atomic E-state index is -1.60. The number of halogens is 2. The van der Waals surface area contributed by atoms with E-state index in [4.69, 9.17) is 15.6 Å². The Morgan fingerprint density at radius 3 is 2.15 bits per heavy atom. The average Bonchev–Trinajstić information content (AvgIpc) is 2.53. The molecule has 0 atom stereocenters. The number of hydrogen-bond donors (Lipinski definition) is 2. The summed E-state index contributed by atoms with van der Waals surface area (Å²) in [5, 5.41) is 18.8. The third kappa shape index (κ3) is 5.51. The van der Waals surface area contributed by atoms with E-state index in [1.54, 1.807) is 6.07 Å². The van der Waals surface area contributed by atoms with Crippen molar-refractivity contribution in [3.8, 4) is 0 Å². The molecule has 0 saturated carbocycles. The summed E-state index contributed by atoms with van der Waals surface area (Å²) in [5.41, 5.74) is 4.91. The minimum absolute atomic E-state index is 0.0313. The average molecular weight is 368 g/mol. The third-order valence-electron chi connectivity index (χ3n) is 2.98. The van der Waals surface area contributed by atoms with Crippen molar-refractivity contribution in [3.05, 3.63) is 69.3 Å². The molecule has 10 heteroatoms. The van der Waals surface area contributed by atoms with Crippen molar-refractivity contribution in [3.63, 3.8) is 0 Å². The molecule has 0 aromatic heterocycles. The van der Waals surface area contributed by atoms with Crippen LogP contribution in [-0.4, -0.2) is 22.0 Å². The topological polar surface area (TPSA) is 133 Å². The molecule has 0 fully saturated rings. The highest BCUT2D eigenvalue weighted by Gasteiger charge is 2.15. The molecule has 0 aliphatic carbocycles. The van der Waals surface area contributed by atoms with E-state index >= 15 is 0 Å². The number of nitrogens with two attached hydrogens (primary N) is 1. The number of nitro benzene ring substituents is 1. The summed E-state index contributed by atoms with van der Waals surface area (Å²) in [6.07, 6.45) is 0. The lowest BCUT2D eigenvalue weighted by Crippen LogP contribution is -2.04. The van der Waals surface area contributed by atoms with Crippen LogP contribution in [0, 0.1) is 21.7 Å². The number of nitrogen functional groups attached to an aromatic ring is 1. The van der Waals surface area contributed by atoms with Crippen molar-refractivity contribution >= 4 is 23.3 Å². The van der Waals surface area contributed by atoms with Gasteiger partial charge in [0.1, 0.15) is 29.5 Å². The summed E-state index contributed by atoms with van der Waals surface area (Å²) in [5.74, 6) is -4.17. The molecule has 0 heterocycles. The van der Waals surface area contributed by atoms with E-state index < -0.39 is 34.1 Å². The van der Waals surface area contributed by atoms with E-state index in [9.17, 15) is 28.5 Å². The van der Waals surface area contributed by atoms with E-state index in [2.05, 4.69) is 0 Å². The van der Waals surface area contributed by atoms with Gasteiger partial charge in [-0.15, -0.1) is 0 Å². The van der Waals surface area contributed by atoms with Gasteiger partial charge in [-0.25, -0.2) is 13.6 Å². The van der Waals surface area contributed by atoms with Crippen molar-refractivity contribution in [2.24, 2.45) is 0 Å². The van der Waals surface area contributed by atoms with Crippen LogP contribution in [0.5, 0.6) is 0 Å². The number of hydrogen-bond acceptors (Lipinski definition) is 6. The summed E-state index contributed by atoms with van der Waals surface area (Å²) in [6.45, 7) is 1.20. The molecule has 0 aliphatic rings. The number of esters is 1. The lowest BCUT2D eigenvalue weighted by Gasteiger charge is -2.05. The fourth-order valence-electron chi connectivity index (χ4n) is 1.77. The van der Waals surface area contributed by atoms with Crippen LogP contribution >= 0.6 is 0 Å². The summed E-state index contributed by atoms with van der Waals surface area (Å²) in [6, 6.07) is 7.27. The highest BCUT2D eigenvalue weighted by Crippen LogP contribution is 2.25. The number of ether oxygens (including phenoxy) is 1. The number of carboxylic acid groups (broad SMARTS) is 1. The highest BCUT2D eigenvalue weighted by molar-refractivity contribution is 5.88. The second kappa shape index (κ2) is 9.06. The van der Waals surface area contributed by atoms with Gasteiger partial charge in [0.2, 0.25) is 0 Å². The second-order valence-corrected chi connectivity index (χ2v) is 4.79. The van der Waals surface area contributed by atoms with Crippen molar-refractivity contribution in [2.75, 3.05) is 5.73 Å². The maximum absolute atomic E-state index is 12.5. The predicted molar refractivity (Wildman–Crippen MR) is 86.3 cm³/mol. The number of carboxylic acids is 1. The lowest BCUT2D eigenvalue weighted by atomic mass is 10.1. The zero-order valence-corrected chi connectivity index (χ0v) is 13.4. The van der Waals surface area contributed by atoms with Gasteiger partial charge in [0, 0.05) is 18.6 Å². The van der Waals surface area contributed by atoms with Crippen molar-refractivity contribution in [1.29, 1.82) is 0 Å². The summed E-state index contributed by atoms with van der Waals surface area (Å²) >= 11 is 0. The van der Waals surface area contributed by atoms with Gasteiger partial charge in [-0.3, -0.25) is 14.9 Å². The molecule has 26 heavy (non-hydrogen) atoms. The molecule has 2 aromatic carbocycles. The van der Waals surface area contributed by atoms with Crippen LogP contribution < -0.4 is 5.73 Å².